The first-order valence-electron chi connectivity index (χ1n) is 6.10. The second kappa shape index (κ2) is 7.75. The van der Waals surface area contributed by atoms with Gasteiger partial charge in [-0.05, 0) is 19.1 Å². The lowest BCUT2D eigenvalue weighted by molar-refractivity contribution is -0.144. The van der Waals surface area contributed by atoms with Crippen molar-refractivity contribution in [1.82, 2.24) is 5.32 Å². The predicted molar refractivity (Wildman–Crippen MR) is 73.0 cm³/mol. The lowest BCUT2D eigenvalue weighted by Crippen LogP contribution is -2.31. The van der Waals surface area contributed by atoms with Gasteiger partial charge in [0.25, 0.3) is 5.91 Å². The highest BCUT2D eigenvalue weighted by Gasteiger charge is 2.13. The van der Waals surface area contributed by atoms with E-state index in [1.54, 1.807) is 12.1 Å². The number of amides is 1. The Balaban J connectivity index is 2.68. The van der Waals surface area contributed by atoms with E-state index >= 15 is 0 Å². The first-order chi connectivity index (χ1) is 9.99. The van der Waals surface area contributed by atoms with Crippen LogP contribution in [0.5, 0.6) is 11.5 Å². The van der Waals surface area contributed by atoms with Gasteiger partial charge in [0, 0.05) is 11.6 Å². The van der Waals surface area contributed by atoms with E-state index in [-0.39, 0.29) is 12.1 Å². The summed E-state index contributed by atoms with van der Waals surface area (Å²) in [7, 11) is 2.94. The Bertz CT molecular complexity index is 543. The van der Waals surface area contributed by atoms with Crippen LogP contribution in [0.4, 0.5) is 0 Å². The van der Waals surface area contributed by atoms with E-state index in [1.807, 2.05) is 0 Å². The molecule has 0 bridgehead atoms. The average molecular weight is 292 g/mol. The number of carbonyl (C=O) groups is 2. The molecule has 0 saturated carbocycles. The minimum Gasteiger partial charge on any atom is -0.497 e. The number of rotatable bonds is 6. The molecule has 0 fully saturated rings. The highest BCUT2D eigenvalue weighted by molar-refractivity contribution is 5.96. The Morgan fingerprint density at radius 3 is 2.29 bits per heavy atom. The molecule has 1 amide bonds. The first kappa shape index (κ1) is 16.3. The number of hydrogen-bond acceptors (Lipinski definition) is 6. The van der Waals surface area contributed by atoms with E-state index in [0.717, 1.165) is 0 Å². The number of hydrogen-bond donors (Lipinski definition) is 1. The van der Waals surface area contributed by atoms with Gasteiger partial charge in [0.1, 0.15) is 24.1 Å². The molecular weight excluding hydrogens is 276 g/mol. The molecule has 0 unspecified atom stereocenters. The molecule has 112 valence electrons. The third kappa shape index (κ3) is 5.03. The molecule has 1 rings (SSSR count). The van der Waals surface area contributed by atoms with Gasteiger partial charge in [0.05, 0.1) is 14.2 Å². The molecule has 7 heteroatoms. The Kier molecular flexibility index (Phi) is 6.01. The van der Waals surface area contributed by atoms with Gasteiger partial charge < -0.3 is 19.5 Å². The summed E-state index contributed by atoms with van der Waals surface area (Å²) in [6.07, 6.45) is -0.855. The molecule has 1 aromatic carbocycles. The van der Waals surface area contributed by atoms with E-state index in [0.29, 0.717) is 11.5 Å². The molecule has 0 aliphatic rings. The molecule has 0 heterocycles. The fourth-order valence-corrected chi connectivity index (χ4v) is 1.46. The number of methoxy groups -OCH3 is 2. The highest BCUT2D eigenvalue weighted by atomic mass is 16.5. The predicted octanol–water partition coefficient (Wildman–Crippen LogP) is 0.889. The number of ether oxygens (including phenoxy) is 3. The van der Waals surface area contributed by atoms with Crippen molar-refractivity contribution in [1.29, 1.82) is 5.26 Å². The van der Waals surface area contributed by atoms with Gasteiger partial charge in [-0.3, -0.25) is 9.59 Å². The van der Waals surface area contributed by atoms with Crippen LogP contribution < -0.4 is 14.8 Å². The molecule has 1 aromatic rings. The largest absolute Gasteiger partial charge is 0.497 e. The van der Waals surface area contributed by atoms with Crippen LogP contribution in [0.1, 0.15) is 17.3 Å². The van der Waals surface area contributed by atoms with Gasteiger partial charge in [0.15, 0.2) is 6.10 Å². The Morgan fingerprint density at radius 1 is 1.24 bits per heavy atom. The highest BCUT2D eigenvalue weighted by Crippen LogP contribution is 2.22. The second-order valence-corrected chi connectivity index (χ2v) is 4.05. The summed E-state index contributed by atoms with van der Waals surface area (Å²) in [5, 5.41) is 10.9. The molecule has 0 aromatic heterocycles. The summed E-state index contributed by atoms with van der Waals surface area (Å²) in [6.45, 7) is 1.11. The van der Waals surface area contributed by atoms with E-state index in [9.17, 15) is 9.59 Å². The molecule has 0 spiro atoms. The van der Waals surface area contributed by atoms with Crippen molar-refractivity contribution in [3.8, 4) is 17.6 Å². The fourth-order valence-electron chi connectivity index (χ4n) is 1.46. The van der Waals surface area contributed by atoms with E-state index in [1.165, 1.54) is 33.3 Å². The molecular formula is C14H16N2O5. The maximum atomic E-state index is 11.9. The van der Waals surface area contributed by atoms with Crippen molar-refractivity contribution in [3.63, 3.8) is 0 Å². The van der Waals surface area contributed by atoms with Crippen LogP contribution in [0.25, 0.3) is 0 Å². The number of nitrogens with zero attached hydrogens (tertiary/aromatic N) is 1. The van der Waals surface area contributed by atoms with E-state index < -0.39 is 18.0 Å². The van der Waals surface area contributed by atoms with Gasteiger partial charge in [0.2, 0.25) is 0 Å². The monoisotopic (exact) mass is 292 g/mol. The minimum atomic E-state index is -0.855. The van der Waals surface area contributed by atoms with Gasteiger partial charge in [-0.1, -0.05) is 0 Å². The summed E-state index contributed by atoms with van der Waals surface area (Å²) < 4.78 is 14.8. The number of esters is 1. The van der Waals surface area contributed by atoms with Crippen molar-refractivity contribution in [2.24, 2.45) is 0 Å². The third-order valence-electron chi connectivity index (χ3n) is 2.50. The summed E-state index contributed by atoms with van der Waals surface area (Å²) in [4.78, 5) is 23.3. The van der Waals surface area contributed by atoms with Crippen LogP contribution in [-0.2, 0) is 9.53 Å². The van der Waals surface area contributed by atoms with Gasteiger partial charge in [-0.15, -0.1) is 0 Å². The molecule has 0 saturated heterocycles. The lowest BCUT2D eigenvalue weighted by atomic mass is 10.2. The molecule has 0 radical (unpaired) electrons. The standard InChI is InChI=1S/C14H16N2O5/c1-9(7-15)21-13(17)8-16-14(18)10-4-11(19-2)6-12(5-10)20-3/h4-6,9H,8H2,1-3H3,(H,16,18)/t9-/m0/s1. The van der Waals surface area contributed by atoms with Crippen LogP contribution in [0, 0.1) is 11.3 Å². The number of carbonyl (C=O) groups excluding carboxylic acids is 2. The van der Waals surface area contributed by atoms with Crippen LogP contribution >= 0.6 is 0 Å². The molecule has 21 heavy (non-hydrogen) atoms. The van der Waals surface area contributed by atoms with Crippen LogP contribution in [0.15, 0.2) is 18.2 Å². The van der Waals surface area contributed by atoms with Crippen LogP contribution in [0.2, 0.25) is 0 Å². The topological polar surface area (TPSA) is 97.7 Å². The van der Waals surface area contributed by atoms with E-state index in [2.05, 4.69) is 5.32 Å². The van der Waals surface area contributed by atoms with Crippen LogP contribution in [0.3, 0.4) is 0 Å². The number of nitrogens with one attached hydrogen (secondary N) is 1. The van der Waals surface area contributed by atoms with Crippen molar-refractivity contribution in [3.05, 3.63) is 23.8 Å². The Morgan fingerprint density at radius 2 is 1.81 bits per heavy atom. The Hall–Kier alpha value is -2.75. The van der Waals surface area contributed by atoms with Crippen LogP contribution in [-0.4, -0.2) is 38.7 Å². The van der Waals surface area contributed by atoms with Gasteiger partial charge in [-0.2, -0.15) is 5.26 Å². The first-order valence-corrected chi connectivity index (χ1v) is 6.10. The van der Waals surface area contributed by atoms with Crippen molar-refractivity contribution in [2.45, 2.75) is 13.0 Å². The quantitative estimate of drug-likeness (QED) is 0.782. The normalized spacial score (nSPS) is 11.0. The lowest BCUT2D eigenvalue weighted by Gasteiger charge is -2.09. The third-order valence-corrected chi connectivity index (χ3v) is 2.50. The van der Waals surface area contributed by atoms with E-state index in [4.69, 9.17) is 19.5 Å². The van der Waals surface area contributed by atoms with Gasteiger partial charge >= 0.3 is 5.97 Å². The molecule has 7 nitrogen and oxygen atoms in total. The summed E-state index contributed by atoms with van der Waals surface area (Å²) >= 11 is 0. The Labute approximate surface area is 122 Å². The minimum absolute atomic E-state index is 0.285. The smallest absolute Gasteiger partial charge is 0.326 e. The zero-order valence-corrected chi connectivity index (χ0v) is 12.0. The van der Waals surface area contributed by atoms with Crippen molar-refractivity contribution in [2.75, 3.05) is 20.8 Å². The average Bonchev–Trinajstić information content (AvgIpc) is 2.51. The number of benzene rings is 1. The summed E-state index contributed by atoms with van der Waals surface area (Å²) in [5.74, 6) is -0.249. The van der Waals surface area contributed by atoms with Crippen molar-refractivity contribution >= 4 is 11.9 Å². The maximum Gasteiger partial charge on any atom is 0.326 e. The van der Waals surface area contributed by atoms with Crippen molar-refractivity contribution < 1.29 is 23.8 Å². The SMILES string of the molecule is COc1cc(OC)cc(C(=O)NCC(=O)O[C@@H](C)C#N)c1. The molecule has 1 atom stereocenters. The summed E-state index contributed by atoms with van der Waals surface area (Å²) in [5.41, 5.74) is 0.285. The molecule has 0 aliphatic carbocycles. The second-order valence-electron chi connectivity index (χ2n) is 4.05. The van der Waals surface area contributed by atoms with Gasteiger partial charge in [-0.25, -0.2) is 0 Å². The fraction of sp³-hybridized carbons (Fsp3) is 0.357. The molecule has 1 N–H and O–H groups in total. The molecule has 0 aliphatic heterocycles. The zero-order chi connectivity index (χ0) is 15.8. The zero-order valence-electron chi connectivity index (χ0n) is 12.0. The number of nitriles is 1. The summed E-state index contributed by atoms with van der Waals surface area (Å²) in [6, 6.07) is 6.41. The maximum absolute atomic E-state index is 11.9.